The van der Waals surface area contributed by atoms with Crippen molar-refractivity contribution in [2.45, 2.75) is 32.9 Å². The fraction of sp³-hybridized carbons (Fsp3) is 0.278. The summed E-state index contributed by atoms with van der Waals surface area (Å²) in [5, 5.41) is 3.28. The summed E-state index contributed by atoms with van der Waals surface area (Å²) >= 11 is 0. The second-order valence-electron chi connectivity index (χ2n) is 5.00. The molecule has 2 aromatic rings. The van der Waals surface area contributed by atoms with E-state index >= 15 is 0 Å². The molecule has 0 amide bonds. The van der Waals surface area contributed by atoms with E-state index in [1.54, 1.807) is 0 Å². The fourth-order valence-electron chi connectivity index (χ4n) is 2.11. The maximum Gasteiger partial charge on any atom is 0.179 e. The number of ketones is 1. The van der Waals surface area contributed by atoms with Gasteiger partial charge in [0.2, 0.25) is 0 Å². The van der Waals surface area contributed by atoms with E-state index in [1.807, 2.05) is 49.4 Å². The van der Waals surface area contributed by atoms with Gasteiger partial charge >= 0.3 is 0 Å². The third-order valence-corrected chi connectivity index (χ3v) is 3.50. The van der Waals surface area contributed by atoms with Crippen LogP contribution in [0.25, 0.3) is 0 Å². The highest BCUT2D eigenvalue weighted by atomic mass is 16.1. The van der Waals surface area contributed by atoms with Crippen LogP contribution in [0.2, 0.25) is 0 Å². The maximum absolute atomic E-state index is 12.3. The minimum atomic E-state index is -0.178. The van der Waals surface area contributed by atoms with Crippen molar-refractivity contribution in [3.8, 4) is 0 Å². The molecule has 2 aromatic carbocycles. The molecule has 0 saturated heterocycles. The molecule has 0 heterocycles. The molecule has 2 rings (SSSR count). The molecule has 1 N–H and O–H groups in total. The Bertz CT molecular complexity index is 545. The number of hydrogen-bond acceptors (Lipinski definition) is 2. The van der Waals surface area contributed by atoms with Crippen LogP contribution in [0.3, 0.4) is 0 Å². The van der Waals surface area contributed by atoms with Crippen molar-refractivity contribution in [3.63, 3.8) is 0 Å². The summed E-state index contributed by atoms with van der Waals surface area (Å²) in [6.45, 7) is 4.74. The number of nitrogens with one attached hydrogen (secondary N) is 1. The second-order valence-corrected chi connectivity index (χ2v) is 5.00. The highest BCUT2D eigenvalue weighted by molar-refractivity contribution is 5.99. The summed E-state index contributed by atoms with van der Waals surface area (Å²) in [7, 11) is 0. The van der Waals surface area contributed by atoms with Crippen molar-refractivity contribution in [1.29, 1.82) is 0 Å². The Morgan fingerprint density at radius 3 is 2.25 bits per heavy atom. The first-order valence-corrected chi connectivity index (χ1v) is 7.11. The van der Waals surface area contributed by atoms with Gasteiger partial charge in [-0.15, -0.1) is 0 Å². The molecule has 0 aromatic heterocycles. The molecule has 0 bridgehead atoms. The van der Waals surface area contributed by atoms with Crippen LogP contribution in [0, 0.1) is 0 Å². The predicted octanol–water partition coefficient (Wildman–Crippen LogP) is 3.61. The number of aryl methyl sites for hydroxylation is 1. The maximum atomic E-state index is 12.3. The van der Waals surface area contributed by atoms with E-state index in [0.717, 1.165) is 12.0 Å². The number of carbonyl (C=O) groups is 1. The molecular weight excluding hydrogens is 246 g/mol. The summed E-state index contributed by atoms with van der Waals surface area (Å²) in [5.41, 5.74) is 3.22. The van der Waals surface area contributed by atoms with Crippen molar-refractivity contribution in [2.24, 2.45) is 0 Å². The Morgan fingerprint density at radius 2 is 1.65 bits per heavy atom. The third-order valence-electron chi connectivity index (χ3n) is 3.50. The summed E-state index contributed by atoms with van der Waals surface area (Å²) in [5.74, 6) is 0.142. The van der Waals surface area contributed by atoms with E-state index in [0.29, 0.717) is 6.54 Å². The van der Waals surface area contributed by atoms with Crippen LogP contribution < -0.4 is 5.32 Å². The molecule has 1 unspecified atom stereocenters. The number of benzene rings is 2. The Balaban J connectivity index is 1.94. The number of carbonyl (C=O) groups excluding carboxylic acids is 1. The van der Waals surface area contributed by atoms with Gasteiger partial charge in [-0.1, -0.05) is 61.5 Å². The van der Waals surface area contributed by atoms with Crippen molar-refractivity contribution in [1.82, 2.24) is 5.32 Å². The number of hydrogen-bond donors (Lipinski definition) is 1. The molecule has 0 spiro atoms. The molecule has 2 heteroatoms. The van der Waals surface area contributed by atoms with Gasteiger partial charge in [0.25, 0.3) is 0 Å². The van der Waals surface area contributed by atoms with Crippen LogP contribution in [-0.2, 0) is 13.0 Å². The average molecular weight is 267 g/mol. The van der Waals surface area contributed by atoms with Gasteiger partial charge in [-0.3, -0.25) is 4.79 Å². The van der Waals surface area contributed by atoms with E-state index < -0.39 is 0 Å². The monoisotopic (exact) mass is 267 g/mol. The third kappa shape index (κ3) is 3.78. The normalized spacial score (nSPS) is 12.1. The fourth-order valence-corrected chi connectivity index (χ4v) is 2.11. The molecule has 0 aliphatic heterocycles. The lowest BCUT2D eigenvalue weighted by atomic mass is 10.0. The lowest BCUT2D eigenvalue weighted by molar-refractivity contribution is 0.0950. The van der Waals surface area contributed by atoms with Gasteiger partial charge in [-0.25, -0.2) is 0 Å². The zero-order valence-corrected chi connectivity index (χ0v) is 12.1. The van der Waals surface area contributed by atoms with Crippen LogP contribution in [0.4, 0.5) is 0 Å². The lowest BCUT2D eigenvalue weighted by Crippen LogP contribution is -2.33. The first-order valence-electron chi connectivity index (χ1n) is 7.11. The van der Waals surface area contributed by atoms with Crippen molar-refractivity contribution >= 4 is 5.78 Å². The Hall–Kier alpha value is -1.93. The zero-order chi connectivity index (χ0) is 14.4. The first kappa shape index (κ1) is 14.5. The Labute approximate surface area is 120 Å². The lowest BCUT2D eigenvalue weighted by Gasteiger charge is -2.13. The molecule has 1 atom stereocenters. The molecule has 0 fully saturated rings. The van der Waals surface area contributed by atoms with Crippen molar-refractivity contribution in [2.75, 3.05) is 0 Å². The molecule has 0 saturated carbocycles. The standard InChI is InChI=1S/C18H21NO/c1-3-15-9-11-17(12-10-15)18(20)14(2)19-13-16-7-5-4-6-8-16/h4-12,14,19H,3,13H2,1-2H3. The quantitative estimate of drug-likeness (QED) is 0.810. The van der Waals surface area contributed by atoms with E-state index in [1.165, 1.54) is 11.1 Å². The minimum Gasteiger partial charge on any atom is -0.303 e. The van der Waals surface area contributed by atoms with Crippen molar-refractivity contribution < 1.29 is 4.79 Å². The first-order chi connectivity index (χ1) is 9.70. The predicted molar refractivity (Wildman–Crippen MR) is 82.9 cm³/mol. The summed E-state index contributed by atoms with van der Waals surface area (Å²) < 4.78 is 0. The summed E-state index contributed by atoms with van der Waals surface area (Å²) in [6.07, 6.45) is 0.996. The minimum absolute atomic E-state index is 0.142. The van der Waals surface area contributed by atoms with E-state index in [9.17, 15) is 4.79 Å². The van der Waals surface area contributed by atoms with E-state index in [4.69, 9.17) is 0 Å². The number of Topliss-reactive ketones (excluding diaryl/α,β-unsaturated/α-hetero) is 1. The van der Waals surface area contributed by atoms with Crippen LogP contribution in [0.15, 0.2) is 54.6 Å². The van der Waals surface area contributed by atoms with Gasteiger partial charge in [0.05, 0.1) is 6.04 Å². The smallest absolute Gasteiger partial charge is 0.179 e. The van der Waals surface area contributed by atoms with Crippen LogP contribution >= 0.6 is 0 Å². The molecule has 104 valence electrons. The topological polar surface area (TPSA) is 29.1 Å². The SMILES string of the molecule is CCc1ccc(C(=O)C(C)NCc2ccccc2)cc1. The molecule has 0 aliphatic carbocycles. The number of rotatable bonds is 6. The van der Waals surface area contributed by atoms with E-state index in [2.05, 4.69) is 24.4 Å². The zero-order valence-electron chi connectivity index (χ0n) is 12.1. The van der Waals surface area contributed by atoms with Gasteiger partial charge in [0.1, 0.15) is 0 Å². The summed E-state index contributed by atoms with van der Waals surface area (Å²) in [4.78, 5) is 12.3. The Kier molecular flexibility index (Phi) is 5.08. The van der Waals surface area contributed by atoms with Gasteiger partial charge in [-0.2, -0.15) is 0 Å². The molecule has 0 aliphatic rings. The van der Waals surface area contributed by atoms with Crippen LogP contribution in [-0.4, -0.2) is 11.8 Å². The Morgan fingerprint density at radius 1 is 1.00 bits per heavy atom. The van der Waals surface area contributed by atoms with Crippen LogP contribution in [0.5, 0.6) is 0 Å². The van der Waals surface area contributed by atoms with Gasteiger partial charge in [0, 0.05) is 12.1 Å². The van der Waals surface area contributed by atoms with Crippen LogP contribution in [0.1, 0.15) is 35.3 Å². The molecular formula is C18H21NO. The summed E-state index contributed by atoms with van der Waals surface area (Å²) in [6, 6.07) is 17.8. The molecule has 2 nitrogen and oxygen atoms in total. The van der Waals surface area contributed by atoms with Gasteiger partial charge in [0.15, 0.2) is 5.78 Å². The molecule has 20 heavy (non-hydrogen) atoms. The highest BCUT2D eigenvalue weighted by Gasteiger charge is 2.14. The average Bonchev–Trinajstić information content (AvgIpc) is 2.53. The molecule has 0 radical (unpaired) electrons. The second kappa shape index (κ2) is 7.01. The highest BCUT2D eigenvalue weighted by Crippen LogP contribution is 2.08. The van der Waals surface area contributed by atoms with E-state index in [-0.39, 0.29) is 11.8 Å². The van der Waals surface area contributed by atoms with Gasteiger partial charge < -0.3 is 5.32 Å². The van der Waals surface area contributed by atoms with Crippen molar-refractivity contribution in [3.05, 3.63) is 71.3 Å². The van der Waals surface area contributed by atoms with Gasteiger partial charge in [-0.05, 0) is 24.5 Å². The largest absolute Gasteiger partial charge is 0.303 e.